The molecule has 1 saturated carbocycles. The van der Waals surface area contributed by atoms with Gasteiger partial charge in [-0.3, -0.25) is 0 Å². The van der Waals surface area contributed by atoms with Crippen LogP contribution in [0.5, 0.6) is 0 Å². The molecule has 0 unspecified atom stereocenters. The standard InChI is InChI=1S/C12H19NOS/c1-9(2)10-7-15-11(13-10)12(8-14)5-3-4-6-12/h7,9,14H,3-6,8H2,1-2H3. The molecule has 2 rings (SSSR count). The van der Waals surface area contributed by atoms with E-state index in [0.717, 1.165) is 17.8 Å². The smallest absolute Gasteiger partial charge is 0.101 e. The van der Waals surface area contributed by atoms with Crippen molar-refractivity contribution in [2.75, 3.05) is 6.61 Å². The number of aliphatic hydroxyl groups excluding tert-OH is 1. The largest absolute Gasteiger partial charge is 0.395 e. The highest BCUT2D eigenvalue weighted by molar-refractivity contribution is 7.09. The third-order valence-electron chi connectivity index (χ3n) is 3.43. The number of hydrogen-bond donors (Lipinski definition) is 1. The number of aliphatic hydroxyl groups is 1. The lowest BCUT2D eigenvalue weighted by atomic mass is 9.88. The Hall–Kier alpha value is -0.410. The number of thiazole rings is 1. The lowest BCUT2D eigenvalue weighted by Gasteiger charge is -2.23. The van der Waals surface area contributed by atoms with Crippen LogP contribution in [0.3, 0.4) is 0 Å². The molecule has 0 spiro atoms. The summed E-state index contributed by atoms with van der Waals surface area (Å²) in [5, 5.41) is 12.9. The van der Waals surface area contributed by atoms with Gasteiger partial charge in [0, 0.05) is 10.8 Å². The van der Waals surface area contributed by atoms with Crippen LogP contribution in [-0.4, -0.2) is 16.7 Å². The molecule has 1 N–H and O–H groups in total. The van der Waals surface area contributed by atoms with E-state index in [1.165, 1.54) is 18.5 Å². The summed E-state index contributed by atoms with van der Waals surface area (Å²) in [5.41, 5.74) is 1.17. The Bertz CT molecular complexity index is 326. The van der Waals surface area contributed by atoms with Crippen molar-refractivity contribution < 1.29 is 5.11 Å². The predicted molar refractivity (Wildman–Crippen MR) is 63.4 cm³/mol. The highest BCUT2D eigenvalue weighted by Crippen LogP contribution is 2.42. The van der Waals surface area contributed by atoms with E-state index in [2.05, 4.69) is 19.2 Å². The molecule has 1 heterocycles. The molecule has 1 aromatic heterocycles. The van der Waals surface area contributed by atoms with E-state index in [1.54, 1.807) is 11.3 Å². The highest BCUT2D eigenvalue weighted by Gasteiger charge is 2.37. The quantitative estimate of drug-likeness (QED) is 0.857. The Balaban J connectivity index is 2.27. The summed E-state index contributed by atoms with van der Waals surface area (Å²) in [6, 6.07) is 0. The minimum Gasteiger partial charge on any atom is -0.395 e. The summed E-state index contributed by atoms with van der Waals surface area (Å²) in [4.78, 5) is 4.69. The van der Waals surface area contributed by atoms with Crippen LogP contribution in [0.1, 0.15) is 56.2 Å². The van der Waals surface area contributed by atoms with Crippen LogP contribution >= 0.6 is 11.3 Å². The Labute approximate surface area is 95.4 Å². The van der Waals surface area contributed by atoms with E-state index in [9.17, 15) is 5.11 Å². The fraction of sp³-hybridized carbons (Fsp3) is 0.750. The van der Waals surface area contributed by atoms with Crippen LogP contribution in [0.2, 0.25) is 0 Å². The Morgan fingerprint density at radius 1 is 1.47 bits per heavy atom. The lowest BCUT2D eigenvalue weighted by molar-refractivity contribution is 0.195. The van der Waals surface area contributed by atoms with Crippen LogP contribution in [-0.2, 0) is 5.41 Å². The van der Waals surface area contributed by atoms with E-state index in [-0.39, 0.29) is 12.0 Å². The molecule has 0 radical (unpaired) electrons. The van der Waals surface area contributed by atoms with E-state index in [1.807, 2.05) is 0 Å². The van der Waals surface area contributed by atoms with Gasteiger partial charge in [-0.2, -0.15) is 0 Å². The molecule has 0 amide bonds. The van der Waals surface area contributed by atoms with Gasteiger partial charge in [-0.15, -0.1) is 11.3 Å². The van der Waals surface area contributed by atoms with Crippen molar-refractivity contribution in [3.05, 3.63) is 16.1 Å². The van der Waals surface area contributed by atoms with Crippen LogP contribution in [0.15, 0.2) is 5.38 Å². The first-order valence-electron chi connectivity index (χ1n) is 5.75. The molecule has 84 valence electrons. The van der Waals surface area contributed by atoms with Crippen molar-refractivity contribution in [3.63, 3.8) is 0 Å². The normalized spacial score (nSPS) is 20.0. The van der Waals surface area contributed by atoms with Gasteiger partial charge in [-0.25, -0.2) is 4.98 Å². The van der Waals surface area contributed by atoms with Gasteiger partial charge in [0.15, 0.2) is 0 Å². The molecule has 1 aliphatic rings. The molecule has 3 heteroatoms. The molecule has 15 heavy (non-hydrogen) atoms. The molecule has 1 aliphatic carbocycles. The highest BCUT2D eigenvalue weighted by atomic mass is 32.1. The minimum absolute atomic E-state index is 0.00218. The molecule has 0 bridgehead atoms. The van der Waals surface area contributed by atoms with Gasteiger partial charge in [0.05, 0.1) is 12.3 Å². The van der Waals surface area contributed by atoms with Crippen molar-refractivity contribution in [3.8, 4) is 0 Å². The minimum atomic E-state index is -0.00218. The summed E-state index contributed by atoms with van der Waals surface area (Å²) in [7, 11) is 0. The monoisotopic (exact) mass is 225 g/mol. The fourth-order valence-electron chi connectivity index (χ4n) is 2.29. The van der Waals surface area contributed by atoms with Gasteiger partial charge in [0.25, 0.3) is 0 Å². The molecule has 0 atom stereocenters. The topological polar surface area (TPSA) is 33.1 Å². The van der Waals surface area contributed by atoms with Gasteiger partial charge < -0.3 is 5.11 Å². The molecule has 0 saturated heterocycles. The summed E-state index contributed by atoms with van der Waals surface area (Å²) >= 11 is 1.73. The number of rotatable bonds is 3. The molecule has 1 aromatic rings. The Morgan fingerprint density at radius 3 is 2.60 bits per heavy atom. The molecule has 0 aromatic carbocycles. The first-order chi connectivity index (χ1) is 7.18. The molecule has 2 nitrogen and oxygen atoms in total. The predicted octanol–water partition coefficient (Wildman–Crippen LogP) is 3.07. The number of hydrogen-bond acceptors (Lipinski definition) is 3. The second kappa shape index (κ2) is 4.22. The van der Waals surface area contributed by atoms with Crippen LogP contribution < -0.4 is 0 Å². The van der Waals surface area contributed by atoms with Crippen LogP contribution in [0.25, 0.3) is 0 Å². The van der Waals surface area contributed by atoms with Gasteiger partial charge in [0.1, 0.15) is 5.01 Å². The van der Waals surface area contributed by atoms with E-state index < -0.39 is 0 Å². The average Bonchev–Trinajstić information content (AvgIpc) is 2.87. The van der Waals surface area contributed by atoms with Crippen molar-refractivity contribution in [2.24, 2.45) is 0 Å². The van der Waals surface area contributed by atoms with Crippen molar-refractivity contribution in [1.29, 1.82) is 0 Å². The molecule has 0 aliphatic heterocycles. The van der Waals surface area contributed by atoms with Crippen molar-refractivity contribution in [2.45, 2.75) is 50.9 Å². The van der Waals surface area contributed by atoms with Crippen molar-refractivity contribution in [1.82, 2.24) is 4.98 Å². The number of nitrogens with zero attached hydrogens (tertiary/aromatic N) is 1. The van der Waals surface area contributed by atoms with Crippen LogP contribution in [0.4, 0.5) is 0 Å². The molecular weight excluding hydrogens is 206 g/mol. The van der Waals surface area contributed by atoms with E-state index in [0.29, 0.717) is 5.92 Å². The first-order valence-corrected chi connectivity index (χ1v) is 6.63. The summed E-state index contributed by atoms with van der Waals surface area (Å²) in [5.74, 6) is 0.493. The first kappa shape index (κ1) is 11.1. The van der Waals surface area contributed by atoms with E-state index in [4.69, 9.17) is 4.98 Å². The Morgan fingerprint density at radius 2 is 2.13 bits per heavy atom. The van der Waals surface area contributed by atoms with Crippen molar-refractivity contribution >= 4 is 11.3 Å². The lowest BCUT2D eigenvalue weighted by Crippen LogP contribution is -2.26. The summed E-state index contributed by atoms with van der Waals surface area (Å²) < 4.78 is 0. The third kappa shape index (κ3) is 1.95. The molecular formula is C12H19NOS. The second-order valence-corrected chi connectivity index (χ2v) is 5.74. The zero-order valence-electron chi connectivity index (χ0n) is 9.49. The van der Waals surface area contributed by atoms with Gasteiger partial charge in [-0.1, -0.05) is 26.7 Å². The van der Waals surface area contributed by atoms with Gasteiger partial charge >= 0.3 is 0 Å². The van der Waals surface area contributed by atoms with Gasteiger partial charge in [0.2, 0.25) is 0 Å². The average molecular weight is 225 g/mol. The number of aromatic nitrogens is 1. The SMILES string of the molecule is CC(C)c1csc(C2(CO)CCCC2)n1. The van der Waals surface area contributed by atoms with E-state index >= 15 is 0 Å². The maximum atomic E-state index is 9.58. The zero-order chi connectivity index (χ0) is 10.9. The van der Waals surface area contributed by atoms with Crippen LogP contribution in [0, 0.1) is 0 Å². The maximum Gasteiger partial charge on any atom is 0.101 e. The third-order valence-corrected chi connectivity index (χ3v) is 4.54. The maximum absolute atomic E-state index is 9.58. The molecule has 1 fully saturated rings. The fourth-order valence-corrected chi connectivity index (χ4v) is 3.52. The summed E-state index contributed by atoms with van der Waals surface area (Å²) in [6.07, 6.45) is 4.68. The zero-order valence-corrected chi connectivity index (χ0v) is 10.3. The van der Waals surface area contributed by atoms with Gasteiger partial charge in [-0.05, 0) is 18.8 Å². The summed E-state index contributed by atoms with van der Waals surface area (Å²) in [6.45, 7) is 4.59. The Kier molecular flexibility index (Phi) is 3.12. The second-order valence-electron chi connectivity index (χ2n) is 4.88.